The number of aryl methyl sites for hydroxylation is 1. The highest BCUT2D eigenvalue weighted by Crippen LogP contribution is 2.19. The van der Waals surface area contributed by atoms with Gasteiger partial charge in [0.2, 0.25) is 5.91 Å². The Bertz CT molecular complexity index is 415. The molecule has 0 spiro atoms. The first-order valence-electron chi connectivity index (χ1n) is 4.26. The Morgan fingerprint density at radius 2 is 2.21 bits per heavy atom. The highest BCUT2D eigenvalue weighted by molar-refractivity contribution is 5.95. The summed E-state index contributed by atoms with van der Waals surface area (Å²) in [5, 5.41) is 2.60. The van der Waals surface area contributed by atoms with Crippen LogP contribution >= 0.6 is 0 Å². The van der Waals surface area contributed by atoms with Crippen molar-refractivity contribution in [1.82, 2.24) is 4.98 Å². The van der Waals surface area contributed by atoms with Crippen LogP contribution in [0.25, 0.3) is 0 Å². The molecule has 0 saturated carbocycles. The van der Waals surface area contributed by atoms with E-state index in [0.717, 1.165) is 5.56 Å². The SMILES string of the molecule is NC(=O)c1ccc2c(n1)NC(=O)CC2. The summed E-state index contributed by atoms with van der Waals surface area (Å²) in [6.45, 7) is 0. The van der Waals surface area contributed by atoms with E-state index < -0.39 is 5.91 Å². The van der Waals surface area contributed by atoms with E-state index in [-0.39, 0.29) is 11.6 Å². The summed E-state index contributed by atoms with van der Waals surface area (Å²) in [5.74, 6) is -0.211. The van der Waals surface area contributed by atoms with Gasteiger partial charge in [-0.15, -0.1) is 0 Å². The molecule has 0 bridgehead atoms. The second-order valence-electron chi connectivity index (χ2n) is 3.12. The highest BCUT2D eigenvalue weighted by Gasteiger charge is 2.16. The van der Waals surface area contributed by atoms with Crippen molar-refractivity contribution in [3.63, 3.8) is 0 Å². The van der Waals surface area contributed by atoms with E-state index in [4.69, 9.17) is 5.73 Å². The number of hydrogen-bond acceptors (Lipinski definition) is 3. The molecule has 5 heteroatoms. The molecule has 72 valence electrons. The standard InChI is InChI=1S/C9H9N3O2/c10-8(14)6-3-1-5-2-4-7(13)12-9(5)11-6/h1,3H,2,4H2,(H2,10,14)(H,11,12,13). The lowest BCUT2D eigenvalue weighted by Crippen LogP contribution is -2.22. The van der Waals surface area contributed by atoms with Crippen LogP contribution in [0.3, 0.4) is 0 Å². The van der Waals surface area contributed by atoms with Gasteiger partial charge in [0.15, 0.2) is 0 Å². The zero-order valence-electron chi connectivity index (χ0n) is 7.41. The smallest absolute Gasteiger partial charge is 0.267 e. The molecule has 0 aromatic carbocycles. The average Bonchev–Trinajstić information content (AvgIpc) is 2.16. The van der Waals surface area contributed by atoms with Crippen LogP contribution in [0.2, 0.25) is 0 Å². The van der Waals surface area contributed by atoms with Gasteiger partial charge in [-0.05, 0) is 18.1 Å². The molecule has 1 aromatic rings. The number of nitrogens with one attached hydrogen (secondary N) is 1. The largest absolute Gasteiger partial charge is 0.364 e. The third-order valence-electron chi connectivity index (χ3n) is 2.11. The molecular formula is C9H9N3O2. The fourth-order valence-electron chi connectivity index (χ4n) is 1.38. The summed E-state index contributed by atoms with van der Waals surface area (Å²) in [4.78, 5) is 25.8. The fraction of sp³-hybridized carbons (Fsp3) is 0.222. The third kappa shape index (κ3) is 1.44. The van der Waals surface area contributed by atoms with E-state index in [2.05, 4.69) is 10.3 Å². The number of carbonyl (C=O) groups excluding carboxylic acids is 2. The van der Waals surface area contributed by atoms with E-state index in [1.54, 1.807) is 12.1 Å². The summed E-state index contributed by atoms with van der Waals surface area (Å²) in [7, 11) is 0. The molecule has 2 heterocycles. The number of pyridine rings is 1. The molecule has 0 saturated heterocycles. The lowest BCUT2D eigenvalue weighted by molar-refractivity contribution is -0.116. The number of amides is 2. The van der Waals surface area contributed by atoms with Crippen molar-refractivity contribution in [1.29, 1.82) is 0 Å². The van der Waals surface area contributed by atoms with E-state index in [1.807, 2.05) is 0 Å². The Hall–Kier alpha value is -1.91. The topological polar surface area (TPSA) is 85.1 Å². The Labute approximate surface area is 80.3 Å². The van der Waals surface area contributed by atoms with Crippen LogP contribution in [0.15, 0.2) is 12.1 Å². The molecule has 0 aliphatic carbocycles. The van der Waals surface area contributed by atoms with Crippen molar-refractivity contribution in [2.24, 2.45) is 5.73 Å². The number of anilines is 1. The van der Waals surface area contributed by atoms with Gasteiger partial charge in [-0.1, -0.05) is 6.07 Å². The van der Waals surface area contributed by atoms with Gasteiger partial charge in [-0.2, -0.15) is 0 Å². The number of rotatable bonds is 1. The lowest BCUT2D eigenvalue weighted by Gasteiger charge is -2.15. The van der Waals surface area contributed by atoms with Gasteiger partial charge in [0, 0.05) is 6.42 Å². The maximum absolute atomic E-state index is 11.0. The highest BCUT2D eigenvalue weighted by atomic mass is 16.2. The molecule has 0 atom stereocenters. The summed E-state index contributed by atoms with van der Waals surface area (Å²) in [5.41, 5.74) is 6.18. The quantitative estimate of drug-likeness (QED) is 0.658. The van der Waals surface area contributed by atoms with Gasteiger partial charge in [0.05, 0.1) is 0 Å². The Morgan fingerprint density at radius 1 is 1.43 bits per heavy atom. The average molecular weight is 191 g/mol. The fourth-order valence-corrected chi connectivity index (χ4v) is 1.38. The van der Waals surface area contributed by atoms with Crippen LogP contribution < -0.4 is 11.1 Å². The Kier molecular flexibility index (Phi) is 1.92. The van der Waals surface area contributed by atoms with E-state index >= 15 is 0 Å². The van der Waals surface area contributed by atoms with Gasteiger partial charge in [0.25, 0.3) is 5.91 Å². The molecule has 0 radical (unpaired) electrons. The molecule has 5 nitrogen and oxygen atoms in total. The maximum atomic E-state index is 11.0. The molecule has 0 fully saturated rings. The minimum absolute atomic E-state index is 0.0772. The molecule has 2 amide bonds. The zero-order chi connectivity index (χ0) is 10.1. The van der Waals surface area contributed by atoms with Crippen LogP contribution in [0.5, 0.6) is 0 Å². The molecule has 0 unspecified atom stereocenters. The number of hydrogen-bond donors (Lipinski definition) is 2. The van der Waals surface area contributed by atoms with E-state index in [0.29, 0.717) is 18.7 Å². The second-order valence-corrected chi connectivity index (χ2v) is 3.12. The van der Waals surface area contributed by atoms with Gasteiger partial charge < -0.3 is 11.1 Å². The molecule has 1 aliphatic rings. The summed E-state index contributed by atoms with van der Waals surface area (Å²) in [6, 6.07) is 3.33. The van der Waals surface area contributed by atoms with Gasteiger partial charge >= 0.3 is 0 Å². The molecule has 2 rings (SSSR count). The number of nitrogens with two attached hydrogens (primary N) is 1. The number of fused-ring (bicyclic) bond motifs is 1. The first-order valence-corrected chi connectivity index (χ1v) is 4.26. The molecule has 1 aliphatic heterocycles. The third-order valence-corrected chi connectivity index (χ3v) is 2.11. The van der Waals surface area contributed by atoms with E-state index in [1.165, 1.54) is 0 Å². The van der Waals surface area contributed by atoms with Crippen molar-refractivity contribution < 1.29 is 9.59 Å². The van der Waals surface area contributed by atoms with Gasteiger partial charge in [-0.25, -0.2) is 4.98 Å². The van der Waals surface area contributed by atoms with Crippen LogP contribution in [-0.4, -0.2) is 16.8 Å². The maximum Gasteiger partial charge on any atom is 0.267 e. The summed E-state index contributed by atoms with van der Waals surface area (Å²) < 4.78 is 0. The van der Waals surface area contributed by atoms with Crippen LogP contribution in [0.4, 0.5) is 5.82 Å². The summed E-state index contributed by atoms with van der Waals surface area (Å²) in [6.07, 6.45) is 1.12. The Balaban J connectivity index is 2.42. The lowest BCUT2D eigenvalue weighted by atomic mass is 10.1. The van der Waals surface area contributed by atoms with Crippen molar-refractivity contribution in [2.75, 3.05) is 5.32 Å². The first-order chi connectivity index (χ1) is 6.66. The second kappa shape index (κ2) is 3.10. The van der Waals surface area contributed by atoms with Crippen molar-refractivity contribution in [3.8, 4) is 0 Å². The van der Waals surface area contributed by atoms with Crippen LogP contribution in [0.1, 0.15) is 22.5 Å². The predicted molar refractivity (Wildman–Crippen MR) is 49.7 cm³/mol. The number of aromatic nitrogens is 1. The first kappa shape index (κ1) is 8.68. The molecular weight excluding hydrogens is 182 g/mol. The van der Waals surface area contributed by atoms with Crippen molar-refractivity contribution in [3.05, 3.63) is 23.4 Å². The van der Waals surface area contributed by atoms with E-state index in [9.17, 15) is 9.59 Å². The van der Waals surface area contributed by atoms with Crippen LogP contribution in [0, 0.1) is 0 Å². The van der Waals surface area contributed by atoms with Crippen molar-refractivity contribution in [2.45, 2.75) is 12.8 Å². The molecule has 3 N–H and O–H groups in total. The molecule has 1 aromatic heterocycles. The number of primary amides is 1. The zero-order valence-corrected chi connectivity index (χ0v) is 7.41. The van der Waals surface area contributed by atoms with Crippen LogP contribution in [-0.2, 0) is 11.2 Å². The van der Waals surface area contributed by atoms with Crippen molar-refractivity contribution >= 4 is 17.6 Å². The number of nitrogens with zero attached hydrogens (tertiary/aromatic N) is 1. The summed E-state index contributed by atoms with van der Waals surface area (Å²) >= 11 is 0. The number of carbonyl (C=O) groups is 2. The minimum atomic E-state index is -0.590. The normalized spacial score (nSPS) is 14.4. The van der Waals surface area contributed by atoms with Gasteiger partial charge in [-0.3, -0.25) is 9.59 Å². The predicted octanol–water partition coefficient (Wildman–Crippen LogP) is 0.0652. The van der Waals surface area contributed by atoms with Gasteiger partial charge in [0.1, 0.15) is 11.5 Å². The molecule has 14 heavy (non-hydrogen) atoms. The monoisotopic (exact) mass is 191 g/mol. The Morgan fingerprint density at radius 3 is 2.93 bits per heavy atom. The minimum Gasteiger partial charge on any atom is -0.364 e.